The van der Waals surface area contributed by atoms with Crippen LogP contribution in [0.2, 0.25) is 0 Å². The van der Waals surface area contributed by atoms with Crippen LogP contribution < -0.4 is 0 Å². The Balaban J connectivity index is 2.81. The van der Waals surface area contributed by atoms with Gasteiger partial charge in [-0.25, -0.2) is 0 Å². The molecule has 82 valence electrons. The molecule has 0 aromatic carbocycles. The summed E-state index contributed by atoms with van der Waals surface area (Å²) in [7, 11) is 0. The molecule has 1 amide bonds. The van der Waals surface area contributed by atoms with E-state index in [4.69, 9.17) is 0 Å². The van der Waals surface area contributed by atoms with E-state index in [2.05, 4.69) is 0 Å². The van der Waals surface area contributed by atoms with E-state index in [1.54, 1.807) is 0 Å². The summed E-state index contributed by atoms with van der Waals surface area (Å²) in [6.07, 6.45) is 1.32. The quantitative estimate of drug-likeness (QED) is 0.693. The predicted octanol–water partition coefficient (Wildman–Crippen LogP) is 1.40. The smallest absolute Gasteiger partial charge is 0.225 e. The molecule has 0 radical (unpaired) electrons. The van der Waals surface area contributed by atoms with Crippen molar-refractivity contribution in [3.8, 4) is 0 Å². The van der Waals surface area contributed by atoms with E-state index in [1.165, 1.54) is 0 Å². The minimum absolute atomic E-state index is 0.0135. The molecule has 0 bridgehead atoms. The summed E-state index contributed by atoms with van der Waals surface area (Å²) in [6, 6.07) is 0. The molecule has 1 rings (SSSR count). The topological polar surface area (TPSA) is 40.5 Å². The average molecular weight is 199 g/mol. The number of amides is 1. The molecular weight excluding hydrogens is 178 g/mol. The zero-order valence-corrected chi connectivity index (χ0v) is 9.58. The number of nitrogens with zero attached hydrogens (tertiary/aromatic N) is 1. The number of hydrogen-bond donors (Lipinski definition) is 1. The Labute approximate surface area is 86.1 Å². The van der Waals surface area contributed by atoms with Crippen molar-refractivity contribution in [2.45, 2.75) is 52.2 Å². The van der Waals surface area contributed by atoms with Gasteiger partial charge in [-0.1, -0.05) is 13.8 Å². The van der Waals surface area contributed by atoms with Crippen LogP contribution in [0.1, 0.15) is 40.5 Å². The summed E-state index contributed by atoms with van der Waals surface area (Å²) < 4.78 is 0. The lowest BCUT2D eigenvalue weighted by Gasteiger charge is -2.46. The van der Waals surface area contributed by atoms with Crippen molar-refractivity contribution in [1.29, 1.82) is 0 Å². The molecule has 3 nitrogen and oxygen atoms in total. The van der Waals surface area contributed by atoms with Crippen LogP contribution >= 0.6 is 0 Å². The summed E-state index contributed by atoms with van der Waals surface area (Å²) in [4.78, 5) is 13.7. The molecule has 1 N–H and O–H groups in total. The number of hydrogen-bond acceptors (Lipinski definition) is 2. The molecule has 0 aromatic heterocycles. The van der Waals surface area contributed by atoms with Gasteiger partial charge in [0.2, 0.25) is 5.91 Å². The Morgan fingerprint density at radius 2 is 2.07 bits per heavy atom. The van der Waals surface area contributed by atoms with Gasteiger partial charge in [0, 0.05) is 12.5 Å². The Kier molecular flexibility index (Phi) is 3.20. The zero-order valence-electron chi connectivity index (χ0n) is 9.58. The molecule has 14 heavy (non-hydrogen) atoms. The van der Waals surface area contributed by atoms with E-state index in [9.17, 15) is 9.90 Å². The fourth-order valence-corrected chi connectivity index (χ4v) is 1.97. The molecule has 1 aliphatic rings. The predicted molar refractivity (Wildman–Crippen MR) is 55.9 cm³/mol. The molecule has 0 spiro atoms. The summed E-state index contributed by atoms with van der Waals surface area (Å²) >= 11 is 0. The minimum atomic E-state index is -0.403. The fraction of sp³-hybridized carbons (Fsp3) is 0.909. The summed E-state index contributed by atoms with van der Waals surface area (Å²) in [5.74, 6) is 0.160. The van der Waals surface area contributed by atoms with Crippen molar-refractivity contribution in [2.24, 2.45) is 5.92 Å². The van der Waals surface area contributed by atoms with Crippen LogP contribution in [0, 0.1) is 5.92 Å². The Bertz CT molecular complexity index is 223. The van der Waals surface area contributed by atoms with Crippen LogP contribution in [0.5, 0.6) is 0 Å². The maximum atomic E-state index is 11.9. The van der Waals surface area contributed by atoms with Gasteiger partial charge in [0.15, 0.2) is 0 Å². The monoisotopic (exact) mass is 199 g/mol. The molecule has 1 fully saturated rings. The number of carbonyl (C=O) groups is 1. The first-order valence-corrected chi connectivity index (χ1v) is 5.37. The summed E-state index contributed by atoms with van der Waals surface area (Å²) in [5, 5.41) is 9.84. The van der Waals surface area contributed by atoms with Crippen LogP contribution in [0.25, 0.3) is 0 Å². The van der Waals surface area contributed by atoms with Gasteiger partial charge in [0.25, 0.3) is 0 Å². The number of piperidine rings is 1. The van der Waals surface area contributed by atoms with Crippen molar-refractivity contribution in [3.05, 3.63) is 0 Å². The van der Waals surface area contributed by atoms with Crippen molar-refractivity contribution in [3.63, 3.8) is 0 Å². The molecule has 1 heterocycles. The van der Waals surface area contributed by atoms with E-state index < -0.39 is 5.54 Å². The number of likely N-dealkylation sites (tertiary alicyclic amines) is 1. The highest BCUT2D eigenvalue weighted by atomic mass is 16.3. The van der Waals surface area contributed by atoms with E-state index >= 15 is 0 Å². The molecule has 0 saturated carbocycles. The van der Waals surface area contributed by atoms with Gasteiger partial charge in [-0.3, -0.25) is 4.79 Å². The fourth-order valence-electron chi connectivity index (χ4n) is 1.97. The Hall–Kier alpha value is -0.570. The van der Waals surface area contributed by atoms with E-state index in [-0.39, 0.29) is 17.9 Å². The second-order valence-corrected chi connectivity index (χ2v) is 4.96. The third kappa shape index (κ3) is 1.92. The maximum Gasteiger partial charge on any atom is 0.225 e. The van der Waals surface area contributed by atoms with Crippen molar-refractivity contribution < 1.29 is 9.90 Å². The molecular formula is C11H21NO2. The van der Waals surface area contributed by atoms with Crippen LogP contribution in [-0.4, -0.2) is 34.1 Å². The van der Waals surface area contributed by atoms with Gasteiger partial charge >= 0.3 is 0 Å². The van der Waals surface area contributed by atoms with Gasteiger partial charge < -0.3 is 10.0 Å². The standard InChI is InChI=1S/C11H21NO2/c1-8(2)10(14)12-7-5-6-9(13)11(12,3)4/h8-9,13H,5-7H2,1-4H3. The van der Waals surface area contributed by atoms with Gasteiger partial charge in [-0.15, -0.1) is 0 Å². The number of rotatable bonds is 1. The summed E-state index contributed by atoms with van der Waals surface area (Å²) in [6.45, 7) is 8.47. The van der Waals surface area contributed by atoms with Gasteiger partial charge in [0.1, 0.15) is 0 Å². The highest BCUT2D eigenvalue weighted by Gasteiger charge is 2.40. The van der Waals surface area contributed by atoms with Crippen molar-refractivity contribution in [2.75, 3.05) is 6.54 Å². The number of aliphatic hydroxyl groups is 1. The Morgan fingerprint density at radius 1 is 1.50 bits per heavy atom. The summed E-state index contributed by atoms with van der Waals surface area (Å²) in [5.41, 5.74) is -0.403. The molecule has 0 aliphatic carbocycles. The molecule has 1 atom stereocenters. The van der Waals surface area contributed by atoms with Crippen LogP contribution in [0.15, 0.2) is 0 Å². The second kappa shape index (κ2) is 3.89. The van der Waals surface area contributed by atoms with E-state index in [0.717, 1.165) is 19.4 Å². The van der Waals surface area contributed by atoms with Gasteiger partial charge in [0.05, 0.1) is 11.6 Å². The van der Waals surface area contributed by atoms with E-state index in [1.807, 2.05) is 32.6 Å². The lowest BCUT2D eigenvalue weighted by atomic mass is 9.86. The normalized spacial score (nSPS) is 26.7. The molecule has 0 aromatic rings. The lowest BCUT2D eigenvalue weighted by Crippen LogP contribution is -2.59. The molecule has 1 saturated heterocycles. The first-order chi connectivity index (χ1) is 6.37. The average Bonchev–Trinajstić information content (AvgIpc) is 2.08. The SMILES string of the molecule is CC(C)C(=O)N1CCCC(O)C1(C)C. The van der Waals surface area contributed by atoms with Crippen molar-refractivity contribution in [1.82, 2.24) is 4.90 Å². The lowest BCUT2D eigenvalue weighted by molar-refractivity contribution is -0.148. The van der Waals surface area contributed by atoms with Crippen LogP contribution in [0.3, 0.4) is 0 Å². The van der Waals surface area contributed by atoms with Crippen molar-refractivity contribution >= 4 is 5.91 Å². The Morgan fingerprint density at radius 3 is 2.57 bits per heavy atom. The number of carbonyl (C=O) groups excluding carboxylic acids is 1. The first-order valence-electron chi connectivity index (χ1n) is 5.37. The highest BCUT2D eigenvalue weighted by molar-refractivity contribution is 5.79. The van der Waals surface area contributed by atoms with Gasteiger partial charge in [-0.05, 0) is 26.7 Å². The number of aliphatic hydroxyl groups excluding tert-OH is 1. The zero-order chi connectivity index (χ0) is 10.9. The minimum Gasteiger partial charge on any atom is -0.391 e. The van der Waals surface area contributed by atoms with Crippen LogP contribution in [-0.2, 0) is 4.79 Å². The molecule has 1 unspecified atom stereocenters. The van der Waals surface area contributed by atoms with E-state index in [0.29, 0.717) is 0 Å². The van der Waals surface area contributed by atoms with Crippen LogP contribution in [0.4, 0.5) is 0 Å². The first kappa shape index (κ1) is 11.5. The highest BCUT2D eigenvalue weighted by Crippen LogP contribution is 2.28. The van der Waals surface area contributed by atoms with Gasteiger partial charge in [-0.2, -0.15) is 0 Å². The molecule has 3 heteroatoms. The largest absolute Gasteiger partial charge is 0.391 e. The molecule has 1 aliphatic heterocycles. The second-order valence-electron chi connectivity index (χ2n) is 4.96. The maximum absolute atomic E-state index is 11.9. The third-order valence-corrected chi connectivity index (χ3v) is 3.13. The third-order valence-electron chi connectivity index (χ3n) is 3.13.